The van der Waals surface area contributed by atoms with Crippen LogP contribution in [0.15, 0.2) is 28.7 Å². The van der Waals surface area contributed by atoms with Gasteiger partial charge in [0.25, 0.3) is 0 Å². The van der Waals surface area contributed by atoms with Crippen molar-refractivity contribution < 1.29 is 9.21 Å². The summed E-state index contributed by atoms with van der Waals surface area (Å²) in [6, 6.07) is 8.55. The highest BCUT2D eigenvalue weighted by atomic mass is 16.4. The molecule has 1 amide bonds. The number of aromatic nitrogens is 1. The summed E-state index contributed by atoms with van der Waals surface area (Å²) >= 11 is 0. The number of benzene rings is 1. The van der Waals surface area contributed by atoms with E-state index in [9.17, 15) is 4.79 Å². The molecule has 1 aliphatic heterocycles. The van der Waals surface area contributed by atoms with Gasteiger partial charge in [-0.25, -0.2) is 4.98 Å². The van der Waals surface area contributed by atoms with Gasteiger partial charge in [0.2, 0.25) is 5.91 Å². The van der Waals surface area contributed by atoms with Crippen LogP contribution in [-0.4, -0.2) is 42.0 Å². The Balaban J connectivity index is 1.52. The molecule has 0 N–H and O–H groups in total. The summed E-state index contributed by atoms with van der Waals surface area (Å²) < 4.78 is 5.91. The third kappa shape index (κ3) is 4.71. The number of piperazine rings is 1. The van der Waals surface area contributed by atoms with Crippen LogP contribution in [0.1, 0.15) is 50.1 Å². The summed E-state index contributed by atoms with van der Waals surface area (Å²) in [5, 5.41) is 0. The Morgan fingerprint density at radius 1 is 1.15 bits per heavy atom. The smallest absolute Gasteiger partial charge is 0.223 e. The molecule has 2 heterocycles. The fraction of sp³-hybridized carbons (Fsp3) is 0.545. The number of nitrogens with zero attached hydrogens (tertiary/aromatic N) is 3. The molecule has 1 fully saturated rings. The molecule has 1 aliphatic rings. The summed E-state index contributed by atoms with van der Waals surface area (Å²) in [6.07, 6.45) is 1.09. The molecule has 146 valence electrons. The van der Waals surface area contributed by atoms with Crippen molar-refractivity contribution in [3.63, 3.8) is 0 Å². The Hall–Kier alpha value is -2.30. The van der Waals surface area contributed by atoms with E-state index < -0.39 is 0 Å². The Morgan fingerprint density at radius 2 is 1.85 bits per heavy atom. The van der Waals surface area contributed by atoms with E-state index in [1.807, 2.05) is 11.8 Å². The van der Waals surface area contributed by atoms with Crippen LogP contribution in [0.4, 0.5) is 5.69 Å². The molecule has 3 rings (SSSR count). The summed E-state index contributed by atoms with van der Waals surface area (Å²) in [5.74, 6) is 1.79. The van der Waals surface area contributed by atoms with Gasteiger partial charge in [-0.05, 0) is 31.5 Å². The first-order valence-corrected chi connectivity index (χ1v) is 9.80. The largest absolute Gasteiger partial charge is 0.445 e. The van der Waals surface area contributed by atoms with Crippen LogP contribution in [0.5, 0.6) is 0 Å². The maximum atomic E-state index is 12.6. The van der Waals surface area contributed by atoms with Gasteiger partial charge < -0.3 is 14.2 Å². The number of aryl methyl sites for hydroxylation is 3. The van der Waals surface area contributed by atoms with E-state index in [0.29, 0.717) is 12.8 Å². The minimum atomic E-state index is -0.112. The monoisotopic (exact) mass is 369 g/mol. The summed E-state index contributed by atoms with van der Waals surface area (Å²) in [4.78, 5) is 21.5. The molecule has 0 aliphatic carbocycles. The van der Waals surface area contributed by atoms with Crippen molar-refractivity contribution in [3.8, 4) is 0 Å². The molecule has 27 heavy (non-hydrogen) atoms. The van der Waals surface area contributed by atoms with Crippen molar-refractivity contribution in [2.24, 2.45) is 0 Å². The van der Waals surface area contributed by atoms with E-state index >= 15 is 0 Å². The van der Waals surface area contributed by atoms with E-state index in [-0.39, 0.29) is 11.3 Å². The topological polar surface area (TPSA) is 49.6 Å². The Bertz CT molecular complexity index is 796. The molecular weight excluding hydrogens is 338 g/mol. The molecule has 1 aromatic heterocycles. The molecule has 0 spiro atoms. The van der Waals surface area contributed by atoms with E-state index in [1.54, 1.807) is 0 Å². The van der Waals surface area contributed by atoms with Gasteiger partial charge >= 0.3 is 0 Å². The molecule has 0 unspecified atom stereocenters. The van der Waals surface area contributed by atoms with E-state index in [2.05, 4.69) is 61.8 Å². The van der Waals surface area contributed by atoms with Crippen molar-refractivity contribution in [1.29, 1.82) is 0 Å². The zero-order chi connectivity index (χ0) is 19.6. The second-order valence-corrected chi connectivity index (χ2v) is 8.48. The quantitative estimate of drug-likeness (QED) is 0.821. The zero-order valence-corrected chi connectivity index (χ0v) is 17.2. The van der Waals surface area contributed by atoms with Gasteiger partial charge in [0.1, 0.15) is 5.76 Å². The van der Waals surface area contributed by atoms with Crippen molar-refractivity contribution in [2.75, 3.05) is 31.1 Å². The van der Waals surface area contributed by atoms with Crippen LogP contribution < -0.4 is 4.90 Å². The van der Waals surface area contributed by atoms with Crippen LogP contribution in [0.3, 0.4) is 0 Å². The highest BCUT2D eigenvalue weighted by Gasteiger charge is 2.24. The molecule has 5 nitrogen and oxygen atoms in total. The molecule has 0 radical (unpaired) electrons. The normalized spacial score (nSPS) is 15.3. The van der Waals surface area contributed by atoms with Crippen molar-refractivity contribution >= 4 is 11.6 Å². The number of carbonyl (C=O) groups is 1. The van der Waals surface area contributed by atoms with Crippen molar-refractivity contribution in [1.82, 2.24) is 9.88 Å². The third-order valence-electron chi connectivity index (χ3n) is 5.10. The van der Waals surface area contributed by atoms with Gasteiger partial charge in [-0.15, -0.1) is 0 Å². The minimum Gasteiger partial charge on any atom is -0.445 e. The van der Waals surface area contributed by atoms with E-state index in [1.165, 1.54) is 11.3 Å². The molecule has 1 aromatic carbocycles. The first kappa shape index (κ1) is 19.5. The number of hydrogen-bond acceptors (Lipinski definition) is 4. The molecule has 0 saturated carbocycles. The Morgan fingerprint density at radius 3 is 2.44 bits per heavy atom. The first-order valence-electron chi connectivity index (χ1n) is 9.80. The molecule has 0 atom stereocenters. The highest BCUT2D eigenvalue weighted by molar-refractivity contribution is 5.76. The highest BCUT2D eigenvalue weighted by Crippen LogP contribution is 2.25. The van der Waals surface area contributed by atoms with Crippen molar-refractivity contribution in [2.45, 2.75) is 52.9 Å². The van der Waals surface area contributed by atoms with Gasteiger partial charge in [-0.2, -0.15) is 0 Å². The Kier molecular flexibility index (Phi) is 5.59. The number of anilines is 1. The van der Waals surface area contributed by atoms with Gasteiger partial charge in [-0.3, -0.25) is 4.79 Å². The second-order valence-electron chi connectivity index (χ2n) is 8.48. The van der Waals surface area contributed by atoms with Crippen LogP contribution in [-0.2, 0) is 16.6 Å². The summed E-state index contributed by atoms with van der Waals surface area (Å²) in [5.41, 5.74) is 3.30. The molecule has 0 bridgehead atoms. The van der Waals surface area contributed by atoms with E-state index in [0.717, 1.165) is 43.5 Å². The van der Waals surface area contributed by atoms with Crippen LogP contribution >= 0.6 is 0 Å². The van der Waals surface area contributed by atoms with Crippen LogP contribution in [0, 0.1) is 13.8 Å². The number of amides is 1. The predicted molar refractivity (Wildman–Crippen MR) is 108 cm³/mol. The fourth-order valence-corrected chi connectivity index (χ4v) is 3.40. The van der Waals surface area contributed by atoms with Gasteiger partial charge in [-0.1, -0.05) is 32.9 Å². The fourth-order valence-electron chi connectivity index (χ4n) is 3.40. The predicted octanol–water partition coefficient (Wildman–Crippen LogP) is 3.87. The molecule has 2 aromatic rings. The lowest BCUT2D eigenvalue weighted by atomic mass is 9.97. The number of oxazole rings is 1. The molecule has 5 heteroatoms. The van der Waals surface area contributed by atoms with Crippen LogP contribution in [0.25, 0.3) is 0 Å². The van der Waals surface area contributed by atoms with Gasteiger partial charge in [0.15, 0.2) is 5.89 Å². The molecule has 1 saturated heterocycles. The minimum absolute atomic E-state index is 0.112. The van der Waals surface area contributed by atoms with Crippen molar-refractivity contribution in [3.05, 3.63) is 47.2 Å². The lowest BCUT2D eigenvalue weighted by Gasteiger charge is -2.36. The van der Waals surface area contributed by atoms with E-state index in [4.69, 9.17) is 4.42 Å². The number of hydrogen-bond donors (Lipinski definition) is 0. The zero-order valence-electron chi connectivity index (χ0n) is 17.2. The summed E-state index contributed by atoms with van der Waals surface area (Å²) in [6.45, 7) is 13.6. The Labute approximate surface area is 162 Å². The van der Waals surface area contributed by atoms with Gasteiger partial charge in [0.05, 0.1) is 5.69 Å². The van der Waals surface area contributed by atoms with Gasteiger partial charge in [0, 0.05) is 50.1 Å². The number of carbonyl (C=O) groups excluding carboxylic acids is 1. The average molecular weight is 370 g/mol. The maximum Gasteiger partial charge on any atom is 0.223 e. The van der Waals surface area contributed by atoms with Crippen LogP contribution in [0.2, 0.25) is 0 Å². The first-order chi connectivity index (χ1) is 12.7. The standard InChI is InChI=1S/C22H31N3O2/c1-16-7-6-8-18(15-16)24-11-13-25(14-12-24)20(26)10-9-19-17(2)23-21(27-19)22(3,4)5/h6-8,15H,9-14H2,1-5H3. The lowest BCUT2D eigenvalue weighted by Crippen LogP contribution is -2.48. The average Bonchev–Trinajstić information content (AvgIpc) is 3.01. The number of rotatable bonds is 4. The maximum absolute atomic E-state index is 12.6. The lowest BCUT2D eigenvalue weighted by molar-refractivity contribution is -0.131. The summed E-state index contributed by atoms with van der Waals surface area (Å²) in [7, 11) is 0. The SMILES string of the molecule is Cc1cccc(N2CCN(C(=O)CCc3oc(C(C)(C)C)nc3C)CC2)c1. The molecular formula is C22H31N3O2. The second kappa shape index (κ2) is 7.75. The third-order valence-corrected chi connectivity index (χ3v) is 5.10.